The summed E-state index contributed by atoms with van der Waals surface area (Å²) in [6.07, 6.45) is 1.15. The normalized spacial score (nSPS) is 31.2. The SMILES string of the molecule is CN1CCC(C2CN(CC#N)C(=O)N2C)C1. The predicted molar refractivity (Wildman–Crippen MR) is 59.7 cm³/mol. The molecule has 2 amide bonds. The van der Waals surface area contributed by atoms with Crippen molar-refractivity contribution in [3.8, 4) is 6.07 Å². The topological polar surface area (TPSA) is 50.6 Å². The van der Waals surface area contributed by atoms with Gasteiger partial charge in [0.1, 0.15) is 6.54 Å². The Morgan fingerprint density at radius 1 is 1.44 bits per heavy atom. The van der Waals surface area contributed by atoms with Gasteiger partial charge in [0.05, 0.1) is 12.1 Å². The van der Waals surface area contributed by atoms with E-state index >= 15 is 0 Å². The summed E-state index contributed by atoms with van der Waals surface area (Å²) in [5.74, 6) is 0.558. The molecular weight excluding hydrogens is 204 g/mol. The molecule has 2 aliphatic heterocycles. The molecule has 2 rings (SSSR count). The van der Waals surface area contributed by atoms with Gasteiger partial charge in [-0.05, 0) is 25.9 Å². The molecule has 5 nitrogen and oxygen atoms in total. The molecule has 0 spiro atoms. The molecule has 0 radical (unpaired) electrons. The number of nitrogens with zero attached hydrogens (tertiary/aromatic N) is 4. The fourth-order valence-corrected chi connectivity index (χ4v) is 2.76. The van der Waals surface area contributed by atoms with Crippen molar-refractivity contribution in [2.75, 3.05) is 40.3 Å². The van der Waals surface area contributed by atoms with Crippen molar-refractivity contribution in [3.05, 3.63) is 0 Å². The monoisotopic (exact) mass is 222 g/mol. The molecular formula is C11H18N4O. The van der Waals surface area contributed by atoms with Crippen LogP contribution in [-0.4, -0.2) is 67.0 Å². The summed E-state index contributed by atoms with van der Waals surface area (Å²) in [5.41, 5.74) is 0. The summed E-state index contributed by atoms with van der Waals surface area (Å²) < 4.78 is 0. The summed E-state index contributed by atoms with van der Waals surface area (Å²) in [7, 11) is 3.96. The van der Waals surface area contributed by atoms with Gasteiger partial charge in [-0.1, -0.05) is 0 Å². The Morgan fingerprint density at radius 3 is 2.75 bits per heavy atom. The van der Waals surface area contributed by atoms with Crippen molar-refractivity contribution < 1.29 is 4.79 Å². The Labute approximate surface area is 96.2 Å². The summed E-state index contributed by atoms with van der Waals surface area (Å²) in [6, 6.07) is 2.33. The highest BCUT2D eigenvalue weighted by molar-refractivity contribution is 5.77. The van der Waals surface area contributed by atoms with Crippen molar-refractivity contribution in [3.63, 3.8) is 0 Å². The Bertz CT molecular complexity index is 324. The number of amides is 2. The quantitative estimate of drug-likeness (QED) is 0.627. The molecule has 88 valence electrons. The summed E-state index contributed by atoms with van der Waals surface area (Å²) >= 11 is 0. The van der Waals surface area contributed by atoms with E-state index in [2.05, 4.69) is 11.9 Å². The minimum absolute atomic E-state index is 0.00102. The molecule has 2 atom stereocenters. The van der Waals surface area contributed by atoms with E-state index < -0.39 is 0 Å². The smallest absolute Gasteiger partial charge is 0.321 e. The lowest BCUT2D eigenvalue weighted by molar-refractivity contribution is 0.191. The van der Waals surface area contributed by atoms with Gasteiger partial charge in [-0.2, -0.15) is 5.26 Å². The minimum atomic E-state index is 0.00102. The van der Waals surface area contributed by atoms with Crippen LogP contribution in [0.4, 0.5) is 4.79 Å². The standard InChI is InChI=1S/C11H18N4O/c1-13-5-3-9(7-13)10-8-15(6-4-12)11(16)14(10)2/h9-10H,3,5-8H2,1-2H3. The third-order valence-corrected chi connectivity index (χ3v) is 3.71. The molecule has 0 aromatic rings. The molecule has 0 N–H and O–H groups in total. The van der Waals surface area contributed by atoms with E-state index in [9.17, 15) is 4.79 Å². The molecule has 0 bridgehead atoms. The van der Waals surface area contributed by atoms with Crippen molar-refractivity contribution in [1.82, 2.24) is 14.7 Å². The number of hydrogen-bond donors (Lipinski definition) is 0. The second kappa shape index (κ2) is 4.30. The van der Waals surface area contributed by atoms with E-state index in [0.717, 1.165) is 19.5 Å². The highest BCUT2D eigenvalue weighted by Gasteiger charge is 2.40. The number of rotatable bonds is 2. The lowest BCUT2D eigenvalue weighted by Gasteiger charge is -2.23. The summed E-state index contributed by atoms with van der Waals surface area (Å²) in [4.78, 5) is 17.6. The zero-order valence-electron chi connectivity index (χ0n) is 9.89. The summed E-state index contributed by atoms with van der Waals surface area (Å²) in [5, 5.41) is 8.65. The average molecular weight is 222 g/mol. The molecule has 0 aliphatic carbocycles. The van der Waals surface area contributed by atoms with Gasteiger partial charge in [0.25, 0.3) is 0 Å². The first kappa shape index (κ1) is 11.2. The van der Waals surface area contributed by atoms with Gasteiger partial charge < -0.3 is 14.7 Å². The third kappa shape index (κ3) is 1.85. The van der Waals surface area contributed by atoms with Crippen molar-refractivity contribution >= 4 is 6.03 Å². The second-order valence-electron chi connectivity index (χ2n) is 4.81. The van der Waals surface area contributed by atoms with E-state index in [1.165, 1.54) is 0 Å². The van der Waals surface area contributed by atoms with Crippen molar-refractivity contribution in [1.29, 1.82) is 5.26 Å². The lowest BCUT2D eigenvalue weighted by Crippen LogP contribution is -2.37. The number of carbonyl (C=O) groups excluding carboxylic acids is 1. The predicted octanol–water partition coefficient (Wildman–Crippen LogP) is 0.198. The van der Waals surface area contributed by atoms with Crippen LogP contribution >= 0.6 is 0 Å². The van der Waals surface area contributed by atoms with Gasteiger partial charge >= 0.3 is 6.03 Å². The van der Waals surface area contributed by atoms with Crippen LogP contribution < -0.4 is 0 Å². The number of likely N-dealkylation sites (tertiary alicyclic amines) is 1. The van der Waals surface area contributed by atoms with E-state index in [4.69, 9.17) is 5.26 Å². The van der Waals surface area contributed by atoms with Gasteiger partial charge in [0, 0.05) is 20.1 Å². The fourth-order valence-electron chi connectivity index (χ4n) is 2.76. The number of nitriles is 1. The van der Waals surface area contributed by atoms with Gasteiger partial charge in [-0.3, -0.25) is 0 Å². The van der Waals surface area contributed by atoms with Gasteiger partial charge in [0.15, 0.2) is 0 Å². The third-order valence-electron chi connectivity index (χ3n) is 3.71. The molecule has 2 saturated heterocycles. The van der Waals surface area contributed by atoms with Crippen LogP contribution in [0, 0.1) is 17.2 Å². The fraction of sp³-hybridized carbons (Fsp3) is 0.818. The zero-order chi connectivity index (χ0) is 11.7. The Balaban J connectivity index is 2.02. The number of urea groups is 1. The largest absolute Gasteiger partial charge is 0.323 e. The van der Waals surface area contributed by atoms with Crippen molar-refractivity contribution in [2.24, 2.45) is 5.92 Å². The molecule has 2 unspecified atom stereocenters. The van der Waals surface area contributed by atoms with E-state index in [-0.39, 0.29) is 18.6 Å². The van der Waals surface area contributed by atoms with E-state index in [0.29, 0.717) is 12.5 Å². The lowest BCUT2D eigenvalue weighted by atomic mass is 9.99. The highest BCUT2D eigenvalue weighted by atomic mass is 16.2. The van der Waals surface area contributed by atoms with E-state index in [1.807, 2.05) is 13.1 Å². The Hall–Kier alpha value is -1.28. The number of carbonyl (C=O) groups is 1. The number of hydrogen-bond acceptors (Lipinski definition) is 3. The molecule has 2 fully saturated rings. The molecule has 16 heavy (non-hydrogen) atoms. The first-order valence-corrected chi connectivity index (χ1v) is 5.70. The zero-order valence-corrected chi connectivity index (χ0v) is 9.89. The maximum absolute atomic E-state index is 11.8. The molecule has 5 heteroatoms. The summed E-state index contributed by atoms with van der Waals surface area (Å²) in [6.45, 7) is 3.09. The molecule has 0 aromatic carbocycles. The first-order valence-electron chi connectivity index (χ1n) is 5.70. The van der Waals surface area contributed by atoms with Gasteiger partial charge in [-0.15, -0.1) is 0 Å². The maximum Gasteiger partial charge on any atom is 0.321 e. The Morgan fingerprint density at radius 2 is 2.19 bits per heavy atom. The van der Waals surface area contributed by atoms with Crippen LogP contribution in [-0.2, 0) is 0 Å². The van der Waals surface area contributed by atoms with Crippen LogP contribution in [0.5, 0.6) is 0 Å². The maximum atomic E-state index is 11.8. The van der Waals surface area contributed by atoms with Crippen LogP contribution in [0.2, 0.25) is 0 Å². The first-order chi connectivity index (χ1) is 7.63. The van der Waals surface area contributed by atoms with Crippen LogP contribution in [0.3, 0.4) is 0 Å². The molecule has 0 saturated carbocycles. The highest BCUT2D eigenvalue weighted by Crippen LogP contribution is 2.26. The van der Waals surface area contributed by atoms with Crippen LogP contribution in [0.1, 0.15) is 6.42 Å². The molecule has 2 heterocycles. The Kier molecular flexibility index (Phi) is 3.01. The van der Waals surface area contributed by atoms with Crippen molar-refractivity contribution in [2.45, 2.75) is 12.5 Å². The average Bonchev–Trinajstić information content (AvgIpc) is 2.78. The second-order valence-corrected chi connectivity index (χ2v) is 4.81. The number of likely N-dealkylation sites (N-methyl/N-ethyl adjacent to an activating group) is 1. The van der Waals surface area contributed by atoms with Crippen LogP contribution in [0.15, 0.2) is 0 Å². The van der Waals surface area contributed by atoms with Gasteiger partial charge in [0.2, 0.25) is 0 Å². The molecule has 2 aliphatic rings. The molecule has 0 aromatic heterocycles. The van der Waals surface area contributed by atoms with Gasteiger partial charge in [-0.25, -0.2) is 4.79 Å². The van der Waals surface area contributed by atoms with E-state index in [1.54, 1.807) is 9.80 Å². The minimum Gasteiger partial charge on any atom is -0.323 e. The van der Waals surface area contributed by atoms with Crippen LogP contribution in [0.25, 0.3) is 0 Å².